The van der Waals surface area contributed by atoms with Crippen LogP contribution in [-0.2, 0) is 11.8 Å². The van der Waals surface area contributed by atoms with Crippen molar-refractivity contribution in [3.63, 3.8) is 0 Å². The van der Waals surface area contributed by atoms with Crippen LogP contribution in [-0.4, -0.2) is 52.0 Å². The molecule has 0 amide bonds. The van der Waals surface area contributed by atoms with E-state index in [9.17, 15) is 14.3 Å². The molecule has 3 fully saturated rings. The number of pyridine rings is 1. The summed E-state index contributed by atoms with van der Waals surface area (Å²) in [5.74, 6) is -2.71. The van der Waals surface area contributed by atoms with Crippen molar-refractivity contribution in [2.45, 2.75) is 31.7 Å². The molecule has 2 bridgehead atoms. The van der Waals surface area contributed by atoms with E-state index in [2.05, 4.69) is 35.6 Å². The Kier molecular flexibility index (Phi) is 4.97. The lowest BCUT2D eigenvalue weighted by Gasteiger charge is -2.47. The number of nitrogens with one attached hydrogen (secondary N) is 2. The highest BCUT2D eigenvalue weighted by atomic mass is 19.1. The maximum Gasteiger partial charge on any atom is 0.308 e. The summed E-state index contributed by atoms with van der Waals surface area (Å²) in [5.41, 5.74) is 0.946. The van der Waals surface area contributed by atoms with Crippen molar-refractivity contribution in [3.05, 3.63) is 36.3 Å². The van der Waals surface area contributed by atoms with Crippen LogP contribution in [0, 0.1) is 29.4 Å². The van der Waals surface area contributed by atoms with Gasteiger partial charge in [-0.25, -0.2) is 23.7 Å². The first-order chi connectivity index (χ1) is 16.9. The van der Waals surface area contributed by atoms with Gasteiger partial charge in [0.25, 0.3) is 0 Å². The fraction of sp³-hybridized carbons (Fsp3) is 0.391. The number of carboxylic acid groups (broad SMARTS) is 1. The molecule has 3 aliphatic rings. The molecule has 12 heteroatoms. The minimum Gasteiger partial charge on any atom is -0.481 e. The lowest BCUT2D eigenvalue weighted by molar-refractivity contribution is -0.148. The van der Waals surface area contributed by atoms with E-state index >= 15 is 4.39 Å². The molecule has 0 radical (unpaired) electrons. The lowest BCUT2D eigenvalue weighted by atomic mass is 9.61. The zero-order valence-corrected chi connectivity index (χ0v) is 18.7. The van der Waals surface area contributed by atoms with Gasteiger partial charge in [0.1, 0.15) is 17.2 Å². The van der Waals surface area contributed by atoms with Crippen molar-refractivity contribution in [2.24, 2.45) is 24.8 Å². The van der Waals surface area contributed by atoms with Crippen molar-refractivity contribution >= 4 is 22.8 Å². The summed E-state index contributed by atoms with van der Waals surface area (Å²) in [6, 6.07) is 0.791. The van der Waals surface area contributed by atoms with Gasteiger partial charge in [-0.2, -0.15) is 10.2 Å². The van der Waals surface area contributed by atoms with E-state index in [0.717, 1.165) is 31.9 Å². The fourth-order valence-corrected chi connectivity index (χ4v) is 5.60. The summed E-state index contributed by atoms with van der Waals surface area (Å²) in [4.78, 5) is 24.9. The molecule has 4 aromatic heterocycles. The number of aromatic nitrogens is 7. The van der Waals surface area contributed by atoms with E-state index in [0.29, 0.717) is 16.6 Å². The van der Waals surface area contributed by atoms with Gasteiger partial charge in [-0.1, -0.05) is 0 Å². The zero-order valence-electron chi connectivity index (χ0n) is 18.7. The number of H-pyrrole nitrogens is 1. The number of aliphatic carboxylic acids is 1. The highest BCUT2D eigenvalue weighted by Gasteiger charge is 2.47. The molecule has 0 aromatic carbocycles. The number of carboxylic acids is 1. The Bertz CT molecular complexity index is 1440. The highest BCUT2D eigenvalue weighted by molar-refractivity contribution is 5.89. The van der Waals surface area contributed by atoms with Gasteiger partial charge in [0.05, 0.1) is 23.7 Å². The zero-order chi connectivity index (χ0) is 24.3. The number of halogens is 2. The van der Waals surface area contributed by atoms with E-state index in [-0.39, 0.29) is 34.9 Å². The second kappa shape index (κ2) is 8.07. The third kappa shape index (κ3) is 3.60. The molecule has 0 spiro atoms. The van der Waals surface area contributed by atoms with Crippen LogP contribution in [0.2, 0.25) is 0 Å². The first-order valence-electron chi connectivity index (χ1n) is 11.4. The average molecular weight is 480 g/mol. The molecule has 10 nitrogen and oxygen atoms in total. The second-order valence-corrected chi connectivity index (χ2v) is 9.29. The number of anilines is 1. The number of hydrogen-bond donors (Lipinski definition) is 3. The predicted molar refractivity (Wildman–Crippen MR) is 121 cm³/mol. The monoisotopic (exact) mass is 480 g/mol. The quantitative estimate of drug-likeness (QED) is 0.396. The Labute approximate surface area is 197 Å². The van der Waals surface area contributed by atoms with Crippen molar-refractivity contribution in [3.8, 4) is 22.8 Å². The average Bonchev–Trinajstić information content (AvgIpc) is 3.46. The largest absolute Gasteiger partial charge is 0.481 e. The Morgan fingerprint density at radius 3 is 2.63 bits per heavy atom. The van der Waals surface area contributed by atoms with Gasteiger partial charge in [-0.3, -0.25) is 14.6 Å². The highest BCUT2D eigenvalue weighted by Crippen LogP contribution is 2.46. The van der Waals surface area contributed by atoms with E-state index in [1.807, 2.05) is 0 Å². The molecule has 0 saturated heterocycles. The number of nitrogens with zero attached hydrogens (tertiary/aromatic N) is 6. The first-order valence-corrected chi connectivity index (χ1v) is 11.4. The minimum atomic E-state index is -0.890. The number of rotatable bonds is 5. The van der Waals surface area contributed by atoms with Gasteiger partial charge in [0.15, 0.2) is 23.1 Å². The second-order valence-electron chi connectivity index (χ2n) is 9.29. The lowest BCUT2D eigenvalue weighted by Crippen LogP contribution is -2.51. The molecule has 3 saturated carbocycles. The van der Waals surface area contributed by atoms with Crippen LogP contribution in [0.15, 0.2) is 24.7 Å². The Morgan fingerprint density at radius 2 is 1.91 bits per heavy atom. The Morgan fingerprint density at radius 1 is 1.14 bits per heavy atom. The van der Waals surface area contributed by atoms with Gasteiger partial charge >= 0.3 is 5.97 Å². The summed E-state index contributed by atoms with van der Waals surface area (Å²) in [7, 11) is 1.70. The van der Waals surface area contributed by atoms with E-state index in [4.69, 9.17) is 0 Å². The van der Waals surface area contributed by atoms with Crippen molar-refractivity contribution in [1.82, 2.24) is 34.9 Å². The molecule has 7 rings (SSSR count). The third-order valence-corrected chi connectivity index (χ3v) is 7.23. The van der Waals surface area contributed by atoms with Gasteiger partial charge in [0.2, 0.25) is 0 Å². The smallest absolute Gasteiger partial charge is 0.308 e. The van der Waals surface area contributed by atoms with Crippen LogP contribution in [0.25, 0.3) is 33.8 Å². The summed E-state index contributed by atoms with van der Waals surface area (Å²) in [6.45, 7) is 0. The SMILES string of the molecule is Cn1cc(-c2nc(-c3n[nH]c4ncc(F)cc34)nc(N[C@H]3C4CCC(CC4)[C@@H]3C(=O)O)c2F)cn1. The number of carbonyl (C=O) groups is 1. The van der Waals surface area contributed by atoms with Crippen molar-refractivity contribution in [1.29, 1.82) is 0 Å². The molecule has 180 valence electrons. The van der Waals surface area contributed by atoms with Crippen molar-refractivity contribution in [2.75, 3.05) is 5.32 Å². The molecular weight excluding hydrogens is 458 g/mol. The van der Waals surface area contributed by atoms with Gasteiger partial charge in [-0.15, -0.1) is 0 Å². The number of aromatic amines is 1. The number of hydrogen-bond acceptors (Lipinski definition) is 7. The standard InChI is InChI=1S/C23H22F2N8O2/c1-33-9-12(7-27-33)18-16(25)21(28-17-11-4-2-10(3-5-11)15(17)23(34)35)30-22(29-18)19-14-6-13(24)8-26-20(14)32-31-19/h6-11,15,17H,2-5H2,1H3,(H,34,35)(H,26,31,32)(H,28,29,30)/t10?,11?,15-,17-/m0/s1. The molecule has 35 heavy (non-hydrogen) atoms. The van der Waals surface area contributed by atoms with Crippen LogP contribution in [0.5, 0.6) is 0 Å². The molecule has 3 N–H and O–H groups in total. The molecule has 0 unspecified atom stereocenters. The molecule has 2 atom stereocenters. The minimum absolute atomic E-state index is 0.0149. The molecule has 0 aliphatic heterocycles. The first kappa shape index (κ1) is 21.6. The summed E-state index contributed by atoms with van der Waals surface area (Å²) >= 11 is 0. The van der Waals surface area contributed by atoms with E-state index in [1.54, 1.807) is 13.2 Å². The van der Waals surface area contributed by atoms with Crippen LogP contribution >= 0.6 is 0 Å². The maximum absolute atomic E-state index is 15.8. The van der Waals surface area contributed by atoms with Gasteiger partial charge in [0, 0.05) is 24.8 Å². The van der Waals surface area contributed by atoms with Crippen LogP contribution in [0.4, 0.5) is 14.6 Å². The molecule has 3 aliphatic carbocycles. The van der Waals surface area contributed by atoms with Crippen LogP contribution in [0.3, 0.4) is 0 Å². The Balaban J connectivity index is 1.50. The van der Waals surface area contributed by atoms with Crippen LogP contribution < -0.4 is 5.32 Å². The van der Waals surface area contributed by atoms with Crippen LogP contribution in [0.1, 0.15) is 25.7 Å². The number of fused-ring (bicyclic) bond motifs is 4. The number of aryl methyl sites for hydroxylation is 1. The summed E-state index contributed by atoms with van der Waals surface area (Å²) in [6.07, 6.45) is 7.64. The maximum atomic E-state index is 15.8. The van der Waals surface area contributed by atoms with E-state index < -0.39 is 29.6 Å². The molecular formula is C23H22F2N8O2. The Hall–Kier alpha value is -3.96. The van der Waals surface area contributed by atoms with Gasteiger partial charge < -0.3 is 10.4 Å². The molecule has 4 aromatic rings. The predicted octanol–water partition coefficient (Wildman–Crippen LogP) is 3.39. The summed E-state index contributed by atoms with van der Waals surface area (Å²) in [5, 5.41) is 24.4. The third-order valence-electron chi connectivity index (χ3n) is 7.23. The normalized spacial score (nSPS) is 23.6. The van der Waals surface area contributed by atoms with Crippen molar-refractivity contribution < 1.29 is 18.7 Å². The van der Waals surface area contributed by atoms with Gasteiger partial charge in [-0.05, 0) is 43.6 Å². The fourth-order valence-electron chi connectivity index (χ4n) is 5.60. The molecule has 4 heterocycles. The summed E-state index contributed by atoms with van der Waals surface area (Å²) < 4.78 is 31.3. The topological polar surface area (TPSA) is 134 Å². The van der Waals surface area contributed by atoms with E-state index in [1.165, 1.54) is 16.9 Å².